The molecule has 2 aliphatic rings. The van der Waals surface area contributed by atoms with Gasteiger partial charge in [-0.05, 0) is 56.0 Å². The Hall–Kier alpha value is -3.06. The Bertz CT molecular complexity index is 1030. The van der Waals surface area contributed by atoms with Gasteiger partial charge in [0, 0.05) is 42.8 Å². The smallest absolute Gasteiger partial charge is 0.321 e. The molecule has 0 radical (unpaired) electrons. The highest BCUT2D eigenvalue weighted by Gasteiger charge is 2.38. The van der Waals surface area contributed by atoms with Crippen molar-refractivity contribution in [2.45, 2.75) is 32.1 Å². The molecule has 2 saturated heterocycles. The molecule has 0 spiro atoms. The van der Waals surface area contributed by atoms with Crippen LogP contribution in [0.2, 0.25) is 5.02 Å². The van der Waals surface area contributed by atoms with Gasteiger partial charge in [0.05, 0.1) is 18.4 Å². The number of nitrogens with one attached hydrogen (secondary N) is 1. The van der Waals surface area contributed by atoms with Crippen LogP contribution < -0.4 is 5.32 Å². The molecule has 7 nitrogen and oxygen atoms in total. The largest absolute Gasteiger partial charge is 0.466 e. The molecule has 2 aromatic rings. The molecular formula is C27H32ClN3O4. The number of carbonyl (C=O) groups is 3. The second kappa shape index (κ2) is 11.6. The number of urea groups is 1. The Morgan fingerprint density at radius 2 is 1.69 bits per heavy atom. The third kappa shape index (κ3) is 6.34. The van der Waals surface area contributed by atoms with E-state index in [0.717, 1.165) is 18.4 Å². The van der Waals surface area contributed by atoms with E-state index < -0.39 is 0 Å². The molecule has 0 aromatic heterocycles. The minimum absolute atomic E-state index is 0.00363. The number of nitrogens with zero attached hydrogens (tertiary/aromatic N) is 2. The number of amides is 3. The van der Waals surface area contributed by atoms with Crippen molar-refractivity contribution in [3.63, 3.8) is 0 Å². The van der Waals surface area contributed by atoms with Crippen molar-refractivity contribution in [1.29, 1.82) is 0 Å². The molecule has 0 bridgehead atoms. The molecule has 8 heteroatoms. The van der Waals surface area contributed by atoms with Crippen LogP contribution in [0.4, 0.5) is 10.5 Å². The van der Waals surface area contributed by atoms with Gasteiger partial charge in [0.15, 0.2) is 0 Å². The third-order valence-corrected chi connectivity index (χ3v) is 7.06. The minimum Gasteiger partial charge on any atom is -0.466 e. The number of likely N-dealkylation sites (tertiary alicyclic amines) is 2. The van der Waals surface area contributed by atoms with Gasteiger partial charge in [-0.25, -0.2) is 4.79 Å². The van der Waals surface area contributed by atoms with Crippen LogP contribution in [0.1, 0.15) is 37.7 Å². The fraction of sp³-hybridized carbons (Fsp3) is 0.444. The first kappa shape index (κ1) is 25.0. The molecule has 35 heavy (non-hydrogen) atoms. The van der Waals surface area contributed by atoms with Gasteiger partial charge in [-0.3, -0.25) is 9.59 Å². The highest BCUT2D eigenvalue weighted by Crippen LogP contribution is 2.33. The summed E-state index contributed by atoms with van der Waals surface area (Å²) in [4.78, 5) is 42.6. The van der Waals surface area contributed by atoms with Crippen molar-refractivity contribution in [2.24, 2.45) is 11.8 Å². The van der Waals surface area contributed by atoms with E-state index in [1.54, 1.807) is 41.0 Å². The van der Waals surface area contributed by atoms with Crippen LogP contribution >= 0.6 is 11.6 Å². The quantitative estimate of drug-likeness (QED) is 0.603. The lowest BCUT2D eigenvalue weighted by Crippen LogP contribution is -2.52. The maximum Gasteiger partial charge on any atom is 0.321 e. The zero-order valence-corrected chi connectivity index (χ0v) is 20.7. The fourth-order valence-corrected chi connectivity index (χ4v) is 5.16. The molecule has 2 fully saturated rings. The van der Waals surface area contributed by atoms with Crippen molar-refractivity contribution in [1.82, 2.24) is 9.80 Å². The number of ether oxygens (including phenoxy) is 1. The Morgan fingerprint density at radius 1 is 0.971 bits per heavy atom. The number of benzene rings is 2. The van der Waals surface area contributed by atoms with Gasteiger partial charge in [-0.2, -0.15) is 0 Å². The molecule has 4 rings (SSSR count). The average molecular weight is 498 g/mol. The summed E-state index contributed by atoms with van der Waals surface area (Å²) in [6.07, 6.45) is 2.16. The summed E-state index contributed by atoms with van der Waals surface area (Å²) in [7, 11) is 0. The number of anilines is 1. The molecule has 3 unspecified atom stereocenters. The number of carbonyl (C=O) groups excluding carboxylic acids is 3. The molecule has 2 heterocycles. The molecule has 0 aliphatic carbocycles. The van der Waals surface area contributed by atoms with Crippen molar-refractivity contribution in [3.8, 4) is 0 Å². The highest BCUT2D eigenvalue weighted by atomic mass is 35.5. The van der Waals surface area contributed by atoms with Crippen LogP contribution in [0.15, 0.2) is 54.6 Å². The number of hydrogen-bond acceptors (Lipinski definition) is 4. The number of piperidine rings is 2. The van der Waals surface area contributed by atoms with Crippen LogP contribution in [-0.2, 0) is 14.3 Å². The van der Waals surface area contributed by atoms with Gasteiger partial charge in [-0.15, -0.1) is 0 Å². The van der Waals surface area contributed by atoms with E-state index >= 15 is 0 Å². The third-order valence-electron chi connectivity index (χ3n) is 6.81. The minimum atomic E-state index is -0.342. The van der Waals surface area contributed by atoms with E-state index in [9.17, 15) is 14.4 Å². The average Bonchev–Trinajstić information content (AvgIpc) is 2.90. The Morgan fingerprint density at radius 3 is 2.40 bits per heavy atom. The number of halogens is 1. The van der Waals surface area contributed by atoms with Gasteiger partial charge >= 0.3 is 12.0 Å². The topological polar surface area (TPSA) is 79.0 Å². The molecule has 2 aromatic carbocycles. The maximum absolute atomic E-state index is 13.6. The summed E-state index contributed by atoms with van der Waals surface area (Å²) >= 11 is 5.96. The van der Waals surface area contributed by atoms with Gasteiger partial charge in [-0.1, -0.05) is 41.9 Å². The van der Waals surface area contributed by atoms with Crippen molar-refractivity contribution < 1.29 is 19.1 Å². The molecule has 2 aliphatic heterocycles. The lowest BCUT2D eigenvalue weighted by atomic mass is 9.83. The van der Waals surface area contributed by atoms with Crippen molar-refractivity contribution >= 4 is 35.2 Å². The SMILES string of the molecule is CCOC(=O)C1CCCN(C(=O)C2CC(c3ccccc3)CN(C(=O)Nc3ccc(Cl)cc3)C2)C1. The Labute approximate surface area is 211 Å². The zero-order chi connectivity index (χ0) is 24.8. The molecule has 0 saturated carbocycles. The lowest BCUT2D eigenvalue weighted by Gasteiger charge is -2.40. The van der Waals surface area contributed by atoms with Gasteiger partial charge in [0.1, 0.15) is 0 Å². The molecule has 3 atom stereocenters. The second-order valence-corrected chi connectivity index (χ2v) is 9.69. The fourth-order valence-electron chi connectivity index (χ4n) is 5.03. The predicted octanol–water partition coefficient (Wildman–Crippen LogP) is 4.78. The summed E-state index contributed by atoms with van der Waals surface area (Å²) in [5.74, 6) is -0.819. The number of rotatable bonds is 5. The van der Waals surface area contributed by atoms with Crippen LogP contribution in [0.5, 0.6) is 0 Å². The molecular weight excluding hydrogens is 466 g/mol. The van der Waals surface area contributed by atoms with E-state index in [1.807, 2.05) is 30.3 Å². The lowest BCUT2D eigenvalue weighted by molar-refractivity contribution is -0.152. The van der Waals surface area contributed by atoms with Crippen molar-refractivity contribution in [2.75, 3.05) is 38.1 Å². The van der Waals surface area contributed by atoms with Crippen LogP contribution in [0.25, 0.3) is 0 Å². The van der Waals surface area contributed by atoms with E-state index in [4.69, 9.17) is 16.3 Å². The summed E-state index contributed by atoms with van der Waals surface area (Å²) in [5.41, 5.74) is 1.76. The zero-order valence-electron chi connectivity index (χ0n) is 20.0. The van der Waals surface area contributed by atoms with E-state index in [0.29, 0.717) is 49.9 Å². The summed E-state index contributed by atoms with van der Waals surface area (Å²) in [6, 6.07) is 16.7. The van der Waals surface area contributed by atoms with Crippen molar-refractivity contribution in [3.05, 3.63) is 65.2 Å². The maximum atomic E-state index is 13.6. The molecule has 186 valence electrons. The monoisotopic (exact) mass is 497 g/mol. The van der Waals surface area contributed by atoms with E-state index in [1.165, 1.54) is 0 Å². The number of hydrogen-bond donors (Lipinski definition) is 1. The second-order valence-electron chi connectivity index (χ2n) is 9.26. The van der Waals surface area contributed by atoms with Gasteiger partial charge < -0.3 is 19.9 Å². The van der Waals surface area contributed by atoms with E-state index in [-0.39, 0.29) is 35.7 Å². The summed E-state index contributed by atoms with van der Waals surface area (Å²) in [6.45, 7) is 3.99. The predicted molar refractivity (Wildman–Crippen MR) is 135 cm³/mol. The number of esters is 1. The standard InChI is InChI=1S/C27H32ClN3O4/c1-2-35-26(33)20-9-6-14-30(16-20)25(32)22-15-21(19-7-4-3-5-8-19)17-31(18-22)27(34)29-24-12-10-23(28)11-13-24/h3-5,7-8,10-13,20-22H,2,6,9,14-18H2,1H3,(H,29,34). The van der Waals surface area contributed by atoms with Gasteiger partial charge in [0.25, 0.3) is 0 Å². The Kier molecular flexibility index (Phi) is 8.29. The molecule has 3 amide bonds. The highest BCUT2D eigenvalue weighted by molar-refractivity contribution is 6.30. The first-order chi connectivity index (χ1) is 16.9. The van der Waals surface area contributed by atoms with Crippen LogP contribution in [0.3, 0.4) is 0 Å². The van der Waals surface area contributed by atoms with Crippen LogP contribution in [-0.4, -0.2) is 60.5 Å². The summed E-state index contributed by atoms with van der Waals surface area (Å²) < 4.78 is 5.20. The van der Waals surface area contributed by atoms with Crippen LogP contribution in [0, 0.1) is 11.8 Å². The Balaban J connectivity index is 1.50. The first-order valence-corrected chi connectivity index (χ1v) is 12.6. The molecule has 1 N–H and O–H groups in total. The summed E-state index contributed by atoms with van der Waals surface area (Å²) in [5, 5.41) is 3.52. The van der Waals surface area contributed by atoms with Gasteiger partial charge in [0.2, 0.25) is 5.91 Å². The van der Waals surface area contributed by atoms with E-state index in [2.05, 4.69) is 5.32 Å². The normalized spacial score (nSPS) is 22.4. The first-order valence-electron chi connectivity index (χ1n) is 12.3.